The van der Waals surface area contributed by atoms with Crippen molar-refractivity contribution in [3.05, 3.63) is 66.5 Å². The fourth-order valence-corrected chi connectivity index (χ4v) is 1.60. The highest BCUT2D eigenvalue weighted by Gasteiger charge is 1.96. The number of hydrogen-bond acceptors (Lipinski definition) is 1. The van der Waals surface area contributed by atoms with Gasteiger partial charge in [0.2, 0.25) is 0 Å². The Hall–Kier alpha value is -1.50. The molecule has 2 aromatic rings. The molecule has 1 aromatic carbocycles. The lowest BCUT2D eigenvalue weighted by atomic mass is 10.1. The zero-order valence-corrected chi connectivity index (χ0v) is 8.73. The molecule has 0 aliphatic rings. The SMILES string of the molecule is [CH](CCCc1ccccc1)c1ccco1. The molecule has 0 amide bonds. The molecule has 0 N–H and O–H groups in total. The summed E-state index contributed by atoms with van der Waals surface area (Å²) in [6.45, 7) is 0. The molecule has 0 saturated carbocycles. The van der Waals surface area contributed by atoms with E-state index >= 15 is 0 Å². The monoisotopic (exact) mass is 199 g/mol. The highest BCUT2D eigenvalue weighted by molar-refractivity contribution is 5.15. The molecule has 0 bridgehead atoms. The van der Waals surface area contributed by atoms with Gasteiger partial charge in [-0.25, -0.2) is 0 Å². The number of aryl methyl sites for hydroxylation is 1. The minimum atomic E-state index is 0.975. The topological polar surface area (TPSA) is 13.1 Å². The van der Waals surface area contributed by atoms with Gasteiger partial charge in [0.05, 0.1) is 6.26 Å². The van der Waals surface area contributed by atoms with E-state index in [4.69, 9.17) is 4.42 Å². The Morgan fingerprint density at radius 1 is 1.00 bits per heavy atom. The summed E-state index contributed by atoms with van der Waals surface area (Å²) in [4.78, 5) is 0. The predicted molar refractivity (Wildman–Crippen MR) is 61.5 cm³/mol. The summed E-state index contributed by atoms with van der Waals surface area (Å²) in [5.74, 6) is 0.975. The van der Waals surface area contributed by atoms with Crippen molar-refractivity contribution in [3.63, 3.8) is 0 Å². The Morgan fingerprint density at radius 2 is 1.87 bits per heavy atom. The molecule has 1 nitrogen and oxygen atoms in total. The van der Waals surface area contributed by atoms with Gasteiger partial charge in [0.15, 0.2) is 0 Å². The number of unbranched alkanes of at least 4 members (excludes halogenated alkanes) is 1. The van der Waals surface area contributed by atoms with Gasteiger partial charge in [-0.1, -0.05) is 30.3 Å². The molecule has 0 spiro atoms. The van der Waals surface area contributed by atoms with E-state index in [0.29, 0.717) is 0 Å². The maximum atomic E-state index is 5.23. The predicted octanol–water partition coefficient (Wildman–Crippen LogP) is 3.85. The first kappa shape index (κ1) is 10.0. The van der Waals surface area contributed by atoms with Crippen molar-refractivity contribution in [2.75, 3.05) is 0 Å². The fourth-order valence-electron chi connectivity index (χ4n) is 1.60. The molecule has 1 radical (unpaired) electrons. The van der Waals surface area contributed by atoms with E-state index in [9.17, 15) is 0 Å². The van der Waals surface area contributed by atoms with Gasteiger partial charge < -0.3 is 4.42 Å². The van der Waals surface area contributed by atoms with Crippen molar-refractivity contribution >= 4 is 0 Å². The Labute approximate surface area is 90.7 Å². The average Bonchev–Trinajstić information content (AvgIpc) is 2.79. The third-order valence-corrected chi connectivity index (χ3v) is 2.40. The molecule has 0 fully saturated rings. The van der Waals surface area contributed by atoms with Crippen LogP contribution in [0.5, 0.6) is 0 Å². The molecule has 1 heteroatoms. The minimum Gasteiger partial charge on any atom is -0.469 e. The lowest BCUT2D eigenvalue weighted by molar-refractivity contribution is 0.533. The molecule has 0 atom stereocenters. The largest absolute Gasteiger partial charge is 0.469 e. The maximum absolute atomic E-state index is 5.23. The van der Waals surface area contributed by atoms with Crippen LogP contribution >= 0.6 is 0 Å². The van der Waals surface area contributed by atoms with Crippen LogP contribution in [0.2, 0.25) is 0 Å². The van der Waals surface area contributed by atoms with E-state index in [1.165, 1.54) is 12.0 Å². The van der Waals surface area contributed by atoms with Crippen molar-refractivity contribution in [1.29, 1.82) is 0 Å². The third-order valence-electron chi connectivity index (χ3n) is 2.40. The maximum Gasteiger partial charge on any atom is 0.107 e. The van der Waals surface area contributed by atoms with Crippen LogP contribution in [0.3, 0.4) is 0 Å². The van der Waals surface area contributed by atoms with E-state index in [2.05, 4.69) is 36.8 Å². The third kappa shape index (κ3) is 3.28. The van der Waals surface area contributed by atoms with E-state index in [0.717, 1.165) is 18.6 Å². The molecule has 1 heterocycles. The lowest BCUT2D eigenvalue weighted by Crippen LogP contribution is -1.85. The summed E-state index contributed by atoms with van der Waals surface area (Å²) < 4.78 is 5.23. The Bertz CT molecular complexity index is 362. The second-order valence-corrected chi connectivity index (χ2v) is 3.60. The van der Waals surface area contributed by atoms with E-state index in [1.807, 2.05) is 12.1 Å². The molecule has 2 rings (SSSR count). The summed E-state index contributed by atoms with van der Waals surface area (Å²) in [7, 11) is 0. The van der Waals surface area contributed by atoms with Crippen LogP contribution in [0.25, 0.3) is 0 Å². The van der Waals surface area contributed by atoms with Crippen LogP contribution in [-0.2, 0) is 6.42 Å². The number of rotatable bonds is 5. The normalized spacial score (nSPS) is 10.4. The summed E-state index contributed by atoms with van der Waals surface area (Å²) in [6.07, 6.45) is 7.23. The molecule has 0 aliphatic heterocycles. The minimum absolute atomic E-state index is 0.975. The van der Waals surface area contributed by atoms with Crippen LogP contribution in [0.1, 0.15) is 24.2 Å². The zero-order chi connectivity index (χ0) is 10.3. The van der Waals surface area contributed by atoms with Crippen LogP contribution in [0.4, 0.5) is 0 Å². The highest BCUT2D eigenvalue weighted by atomic mass is 16.3. The van der Waals surface area contributed by atoms with Crippen molar-refractivity contribution in [3.8, 4) is 0 Å². The van der Waals surface area contributed by atoms with Gasteiger partial charge in [-0.05, 0) is 37.0 Å². The highest BCUT2D eigenvalue weighted by Crippen LogP contribution is 2.10. The van der Waals surface area contributed by atoms with Crippen molar-refractivity contribution in [2.24, 2.45) is 0 Å². The quantitative estimate of drug-likeness (QED) is 0.666. The Balaban J connectivity index is 1.68. The first-order valence-electron chi connectivity index (χ1n) is 5.36. The Morgan fingerprint density at radius 3 is 2.60 bits per heavy atom. The summed E-state index contributed by atoms with van der Waals surface area (Å²) in [5.41, 5.74) is 1.41. The van der Waals surface area contributed by atoms with Gasteiger partial charge in [0.1, 0.15) is 5.76 Å². The molecule has 1 aromatic heterocycles. The standard InChI is InChI=1S/C14H15O/c1-2-7-13(8-3-1)9-4-5-10-14-11-6-12-15-14/h1-3,6-8,10-12H,4-5,9H2. The molecular weight excluding hydrogens is 184 g/mol. The van der Waals surface area contributed by atoms with E-state index < -0.39 is 0 Å². The summed E-state index contributed by atoms with van der Waals surface area (Å²) in [6, 6.07) is 14.5. The zero-order valence-electron chi connectivity index (χ0n) is 8.73. The van der Waals surface area contributed by atoms with Crippen LogP contribution in [-0.4, -0.2) is 0 Å². The van der Waals surface area contributed by atoms with Gasteiger partial charge >= 0.3 is 0 Å². The van der Waals surface area contributed by atoms with Crippen molar-refractivity contribution < 1.29 is 4.42 Å². The first-order chi connectivity index (χ1) is 7.45. The van der Waals surface area contributed by atoms with Gasteiger partial charge in [0.25, 0.3) is 0 Å². The fraction of sp³-hybridized carbons (Fsp3) is 0.214. The van der Waals surface area contributed by atoms with E-state index in [-0.39, 0.29) is 0 Å². The first-order valence-corrected chi connectivity index (χ1v) is 5.36. The summed E-state index contributed by atoms with van der Waals surface area (Å²) in [5, 5.41) is 0. The number of furan rings is 1. The molecular formula is C14H15O. The smallest absolute Gasteiger partial charge is 0.107 e. The second-order valence-electron chi connectivity index (χ2n) is 3.60. The van der Waals surface area contributed by atoms with Crippen LogP contribution < -0.4 is 0 Å². The van der Waals surface area contributed by atoms with Gasteiger partial charge in [0, 0.05) is 6.42 Å². The molecule has 77 valence electrons. The summed E-state index contributed by atoms with van der Waals surface area (Å²) >= 11 is 0. The average molecular weight is 199 g/mol. The van der Waals surface area contributed by atoms with Crippen LogP contribution in [0, 0.1) is 6.42 Å². The van der Waals surface area contributed by atoms with Crippen molar-refractivity contribution in [1.82, 2.24) is 0 Å². The number of benzene rings is 1. The molecule has 15 heavy (non-hydrogen) atoms. The van der Waals surface area contributed by atoms with Crippen molar-refractivity contribution in [2.45, 2.75) is 19.3 Å². The Kier molecular flexibility index (Phi) is 3.61. The van der Waals surface area contributed by atoms with Crippen LogP contribution in [0.15, 0.2) is 53.1 Å². The van der Waals surface area contributed by atoms with Gasteiger partial charge in [-0.2, -0.15) is 0 Å². The van der Waals surface area contributed by atoms with Gasteiger partial charge in [-0.15, -0.1) is 0 Å². The second kappa shape index (κ2) is 5.40. The van der Waals surface area contributed by atoms with E-state index in [1.54, 1.807) is 6.26 Å². The van der Waals surface area contributed by atoms with Gasteiger partial charge in [-0.3, -0.25) is 0 Å². The molecule has 0 saturated heterocycles. The molecule has 0 unspecified atom stereocenters. The number of hydrogen-bond donors (Lipinski definition) is 0. The molecule has 0 aliphatic carbocycles. The lowest BCUT2D eigenvalue weighted by Gasteiger charge is -1.99.